The minimum absolute atomic E-state index is 0.0107. The number of aliphatic hydroxyl groups excluding tert-OH is 3. The smallest absolute Gasteiger partial charge is 0.109 e. The number of thioether (sulfide) groups is 1. The van der Waals surface area contributed by atoms with Crippen LogP contribution in [0.4, 0.5) is 0 Å². The van der Waals surface area contributed by atoms with Gasteiger partial charge in [0.2, 0.25) is 0 Å². The maximum Gasteiger partial charge on any atom is 0.109 e. The second kappa shape index (κ2) is 3.16. The zero-order chi connectivity index (χ0) is 8.72. The molecular formula is C7H13NO3S. The molecule has 3 unspecified atom stereocenters. The van der Waals surface area contributed by atoms with E-state index in [9.17, 15) is 15.3 Å². The molecule has 3 N–H and O–H groups in total. The maximum absolute atomic E-state index is 9.55. The Morgan fingerprint density at radius 2 is 1.92 bits per heavy atom. The van der Waals surface area contributed by atoms with E-state index in [1.54, 1.807) is 11.8 Å². The van der Waals surface area contributed by atoms with Crippen LogP contribution in [-0.4, -0.2) is 62.7 Å². The van der Waals surface area contributed by atoms with Crippen LogP contribution in [0.5, 0.6) is 0 Å². The summed E-state index contributed by atoms with van der Waals surface area (Å²) in [6.45, 7) is 1.38. The first kappa shape index (κ1) is 8.77. The van der Waals surface area contributed by atoms with Gasteiger partial charge in [-0.25, -0.2) is 0 Å². The van der Waals surface area contributed by atoms with Crippen LogP contribution in [0.25, 0.3) is 0 Å². The van der Waals surface area contributed by atoms with E-state index < -0.39 is 18.3 Å². The third kappa shape index (κ3) is 1.25. The van der Waals surface area contributed by atoms with E-state index in [1.165, 1.54) is 0 Å². The van der Waals surface area contributed by atoms with Crippen molar-refractivity contribution in [2.45, 2.75) is 23.7 Å². The Balaban J connectivity index is 2.10. The molecule has 70 valence electrons. The van der Waals surface area contributed by atoms with Crippen LogP contribution in [0.1, 0.15) is 0 Å². The van der Waals surface area contributed by atoms with Crippen molar-refractivity contribution in [1.29, 1.82) is 0 Å². The molecule has 5 heteroatoms. The minimum Gasteiger partial charge on any atom is -0.389 e. The van der Waals surface area contributed by atoms with Crippen LogP contribution in [-0.2, 0) is 0 Å². The van der Waals surface area contributed by atoms with Gasteiger partial charge in [0.25, 0.3) is 0 Å². The topological polar surface area (TPSA) is 63.9 Å². The van der Waals surface area contributed by atoms with Gasteiger partial charge in [-0.1, -0.05) is 0 Å². The lowest BCUT2D eigenvalue weighted by molar-refractivity contribution is -0.114. The molecule has 4 nitrogen and oxygen atoms in total. The van der Waals surface area contributed by atoms with Crippen molar-refractivity contribution < 1.29 is 15.3 Å². The van der Waals surface area contributed by atoms with Crippen molar-refractivity contribution in [3.8, 4) is 0 Å². The number of piperidine rings is 1. The maximum atomic E-state index is 9.55. The van der Waals surface area contributed by atoms with Crippen molar-refractivity contribution >= 4 is 11.8 Å². The fourth-order valence-electron chi connectivity index (χ4n) is 1.78. The zero-order valence-corrected chi connectivity index (χ0v) is 7.44. The van der Waals surface area contributed by atoms with Gasteiger partial charge in [0.05, 0.1) is 11.5 Å². The average Bonchev–Trinajstić information content (AvgIpc) is 2.48. The summed E-state index contributed by atoms with van der Waals surface area (Å²) >= 11 is 1.64. The third-order valence-electron chi connectivity index (χ3n) is 2.48. The second-order valence-electron chi connectivity index (χ2n) is 3.30. The molecule has 2 aliphatic heterocycles. The van der Waals surface area contributed by atoms with Crippen molar-refractivity contribution in [3.63, 3.8) is 0 Å². The molecule has 0 saturated carbocycles. The van der Waals surface area contributed by atoms with Gasteiger partial charge >= 0.3 is 0 Å². The van der Waals surface area contributed by atoms with Gasteiger partial charge in [-0.15, -0.1) is 11.8 Å². The Labute approximate surface area is 75.2 Å². The quantitative estimate of drug-likeness (QED) is 0.433. The predicted octanol–water partition coefficient (Wildman–Crippen LogP) is -1.54. The van der Waals surface area contributed by atoms with Crippen LogP contribution in [0.2, 0.25) is 0 Å². The number of nitrogens with zero attached hydrogens (tertiary/aromatic N) is 1. The van der Waals surface area contributed by atoms with Gasteiger partial charge < -0.3 is 15.3 Å². The Kier molecular flexibility index (Phi) is 2.31. The summed E-state index contributed by atoms with van der Waals surface area (Å²) in [4.78, 5) is 2.02. The summed E-state index contributed by atoms with van der Waals surface area (Å²) < 4.78 is 0. The van der Waals surface area contributed by atoms with Gasteiger partial charge in [-0.2, -0.15) is 0 Å². The molecule has 0 aromatic heterocycles. The molecule has 12 heavy (non-hydrogen) atoms. The molecule has 2 rings (SSSR count). The fraction of sp³-hybridized carbons (Fsp3) is 1.00. The zero-order valence-electron chi connectivity index (χ0n) is 6.63. The van der Waals surface area contributed by atoms with Crippen LogP contribution < -0.4 is 0 Å². The number of fused-ring (bicyclic) bond motifs is 1. The molecule has 2 saturated heterocycles. The Morgan fingerprint density at radius 1 is 1.17 bits per heavy atom. The highest BCUT2D eigenvalue weighted by Crippen LogP contribution is 2.32. The van der Waals surface area contributed by atoms with Crippen LogP contribution >= 0.6 is 11.8 Å². The minimum atomic E-state index is -0.975. The predicted molar refractivity (Wildman–Crippen MR) is 45.8 cm³/mol. The normalized spacial score (nSPS) is 49.2. The molecule has 2 aliphatic rings. The van der Waals surface area contributed by atoms with E-state index in [0.717, 1.165) is 12.3 Å². The number of aliphatic hydroxyl groups is 3. The molecule has 0 amide bonds. The molecule has 0 aromatic rings. The monoisotopic (exact) mass is 191 g/mol. The van der Waals surface area contributed by atoms with Gasteiger partial charge in [0.15, 0.2) is 0 Å². The summed E-state index contributed by atoms with van der Waals surface area (Å²) in [5, 5.41) is 28.2. The summed E-state index contributed by atoms with van der Waals surface area (Å²) in [5.41, 5.74) is 0. The Bertz CT molecular complexity index is 180. The Morgan fingerprint density at radius 3 is 2.67 bits per heavy atom. The summed E-state index contributed by atoms with van der Waals surface area (Å²) in [6.07, 6.45) is -2.58. The van der Waals surface area contributed by atoms with Crippen molar-refractivity contribution in [1.82, 2.24) is 4.90 Å². The molecule has 4 atom stereocenters. The molecule has 0 radical (unpaired) electrons. The lowest BCUT2D eigenvalue weighted by atomic mass is 10.0. The first-order valence-corrected chi connectivity index (χ1v) is 5.15. The van der Waals surface area contributed by atoms with Crippen molar-refractivity contribution in [2.75, 3.05) is 18.8 Å². The number of hydrogen-bond donors (Lipinski definition) is 3. The van der Waals surface area contributed by atoms with Crippen molar-refractivity contribution in [3.05, 3.63) is 0 Å². The highest BCUT2D eigenvalue weighted by Gasteiger charge is 2.43. The lowest BCUT2D eigenvalue weighted by Crippen LogP contribution is -2.58. The number of rotatable bonds is 0. The molecule has 0 aromatic carbocycles. The van der Waals surface area contributed by atoms with Crippen LogP contribution in [0, 0.1) is 0 Å². The number of hydrogen-bond acceptors (Lipinski definition) is 5. The van der Waals surface area contributed by atoms with Crippen LogP contribution in [0.3, 0.4) is 0 Å². The molecule has 0 spiro atoms. The van der Waals surface area contributed by atoms with Gasteiger partial charge in [0.1, 0.15) is 12.2 Å². The molecule has 0 bridgehead atoms. The van der Waals surface area contributed by atoms with E-state index in [0.29, 0.717) is 6.54 Å². The van der Waals surface area contributed by atoms with E-state index >= 15 is 0 Å². The lowest BCUT2D eigenvalue weighted by Gasteiger charge is -2.39. The average molecular weight is 191 g/mol. The SMILES string of the molecule is OC1CN2CCS[C@H]2C(O)C1O. The summed E-state index contributed by atoms with van der Waals surface area (Å²) in [5.74, 6) is 0.973. The molecule has 2 heterocycles. The standard InChI is InChI=1S/C7H13NO3S/c9-4-3-8-1-2-12-7(8)6(11)5(4)10/h4-7,9-11H,1-3H2/t4?,5?,6?,7-/m0/s1. The van der Waals surface area contributed by atoms with Crippen molar-refractivity contribution in [2.24, 2.45) is 0 Å². The second-order valence-corrected chi connectivity index (χ2v) is 4.53. The Hall–Kier alpha value is 0.190. The third-order valence-corrected chi connectivity index (χ3v) is 3.82. The van der Waals surface area contributed by atoms with E-state index in [4.69, 9.17) is 0 Å². The summed E-state index contributed by atoms with van der Waals surface area (Å²) in [7, 11) is 0. The van der Waals surface area contributed by atoms with E-state index in [-0.39, 0.29) is 5.37 Å². The van der Waals surface area contributed by atoms with Gasteiger partial charge in [-0.3, -0.25) is 4.90 Å². The van der Waals surface area contributed by atoms with E-state index in [2.05, 4.69) is 0 Å². The summed E-state index contributed by atoms with van der Waals surface area (Å²) in [6, 6.07) is 0. The largest absolute Gasteiger partial charge is 0.389 e. The van der Waals surface area contributed by atoms with E-state index in [1.807, 2.05) is 4.90 Å². The molecular weight excluding hydrogens is 178 g/mol. The molecule has 2 fully saturated rings. The fourth-order valence-corrected chi connectivity index (χ4v) is 3.12. The molecule has 0 aliphatic carbocycles. The van der Waals surface area contributed by atoms with Gasteiger partial charge in [0, 0.05) is 18.8 Å². The first-order valence-electron chi connectivity index (χ1n) is 4.10. The highest BCUT2D eigenvalue weighted by molar-refractivity contribution is 8.00. The van der Waals surface area contributed by atoms with Gasteiger partial charge in [-0.05, 0) is 0 Å². The first-order chi connectivity index (χ1) is 5.70. The highest BCUT2D eigenvalue weighted by atomic mass is 32.2. The van der Waals surface area contributed by atoms with Crippen LogP contribution in [0.15, 0.2) is 0 Å².